The van der Waals surface area contributed by atoms with Crippen molar-refractivity contribution in [1.82, 2.24) is 0 Å². The first-order chi connectivity index (χ1) is 12.7. The molecule has 1 aromatic rings. The highest BCUT2D eigenvalue weighted by Crippen LogP contribution is 2.34. The Morgan fingerprint density at radius 2 is 1.54 bits per heavy atom. The van der Waals surface area contributed by atoms with Crippen LogP contribution in [-0.2, 0) is 18.0 Å². The summed E-state index contributed by atoms with van der Waals surface area (Å²) in [4.78, 5) is 0. The molecule has 0 atom stereocenters. The predicted molar refractivity (Wildman–Crippen MR) is 105 cm³/mol. The fourth-order valence-corrected chi connectivity index (χ4v) is 5.35. The van der Waals surface area contributed by atoms with Crippen LogP contribution >= 0.6 is 0 Å². The van der Waals surface area contributed by atoms with Crippen LogP contribution in [0.3, 0.4) is 0 Å². The van der Waals surface area contributed by atoms with Gasteiger partial charge in [-0.1, -0.05) is 12.1 Å². The summed E-state index contributed by atoms with van der Waals surface area (Å²) in [5.74, 6) is 1.59. The third kappa shape index (κ3) is 6.06. The van der Waals surface area contributed by atoms with Crippen LogP contribution < -0.4 is 4.74 Å². The first-order valence-electron chi connectivity index (χ1n) is 9.66. The van der Waals surface area contributed by atoms with E-state index in [4.69, 9.17) is 22.8 Å². The maximum Gasteiger partial charge on any atom is 0.500 e. The third-order valence-corrected chi connectivity index (χ3v) is 8.08. The Hall–Kier alpha value is -0.923. The number of ether oxygens (including phenoxy) is 2. The lowest BCUT2D eigenvalue weighted by molar-refractivity contribution is 0.0225. The minimum atomic E-state index is -2.46. The summed E-state index contributed by atoms with van der Waals surface area (Å²) in [6.07, 6.45) is 5.90. The van der Waals surface area contributed by atoms with Crippen LogP contribution in [0, 0.1) is 0 Å². The number of hydrogen-bond donors (Lipinski definition) is 0. The van der Waals surface area contributed by atoms with E-state index >= 15 is 0 Å². The second-order valence-electron chi connectivity index (χ2n) is 6.75. The molecule has 0 saturated heterocycles. The second kappa shape index (κ2) is 11.0. The third-order valence-electron chi connectivity index (χ3n) is 5.25. The fraction of sp³-hybridized carbons (Fsp3) is 0.700. The standard InChI is InChI=1S/C20H34O5Si/c1-5-24-19-11-7-17(8-12-19)18-9-13-20(14-10-18)25-15-6-16-26(21-2,22-3)23-4/h7-8,11-12,18,20H,5-6,9-10,13-16H2,1-4H3. The summed E-state index contributed by atoms with van der Waals surface area (Å²) < 4.78 is 27.9. The molecule has 0 spiro atoms. The van der Waals surface area contributed by atoms with E-state index in [1.54, 1.807) is 21.3 Å². The van der Waals surface area contributed by atoms with E-state index in [1.807, 2.05) is 6.92 Å². The molecular formula is C20H34O5Si. The summed E-state index contributed by atoms with van der Waals surface area (Å²) in [5, 5.41) is 0. The van der Waals surface area contributed by atoms with Gasteiger partial charge in [0.25, 0.3) is 0 Å². The molecule has 1 aliphatic rings. The first-order valence-corrected chi connectivity index (χ1v) is 11.6. The maximum absolute atomic E-state index is 6.08. The van der Waals surface area contributed by atoms with E-state index < -0.39 is 8.80 Å². The molecule has 0 N–H and O–H groups in total. The molecule has 1 fully saturated rings. The minimum absolute atomic E-state index is 0.373. The van der Waals surface area contributed by atoms with Gasteiger partial charge >= 0.3 is 8.80 Å². The van der Waals surface area contributed by atoms with Gasteiger partial charge in [0.05, 0.1) is 12.7 Å². The Kier molecular flexibility index (Phi) is 9.08. The molecule has 26 heavy (non-hydrogen) atoms. The normalized spacial score (nSPS) is 20.9. The average Bonchev–Trinajstić information content (AvgIpc) is 2.70. The van der Waals surface area contributed by atoms with Crippen molar-refractivity contribution in [2.45, 2.75) is 57.1 Å². The van der Waals surface area contributed by atoms with Gasteiger partial charge in [-0.25, -0.2) is 0 Å². The molecule has 0 amide bonds. The molecule has 1 aliphatic carbocycles. The fourth-order valence-electron chi connectivity index (χ4n) is 3.66. The van der Waals surface area contributed by atoms with Crippen molar-refractivity contribution >= 4 is 8.80 Å². The number of benzene rings is 1. The molecule has 0 aliphatic heterocycles. The zero-order valence-electron chi connectivity index (χ0n) is 16.7. The zero-order chi connectivity index (χ0) is 18.8. The van der Waals surface area contributed by atoms with Crippen molar-refractivity contribution in [3.8, 4) is 5.75 Å². The van der Waals surface area contributed by atoms with Crippen LogP contribution in [0.15, 0.2) is 24.3 Å². The van der Waals surface area contributed by atoms with Gasteiger partial charge in [0, 0.05) is 34.0 Å². The van der Waals surface area contributed by atoms with Crippen molar-refractivity contribution in [1.29, 1.82) is 0 Å². The van der Waals surface area contributed by atoms with Crippen LogP contribution in [0.5, 0.6) is 5.75 Å². The molecular weight excluding hydrogens is 348 g/mol. The molecule has 148 valence electrons. The molecule has 0 unspecified atom stereocenters. The van der Waals surface area contributed by atoms with Crippen LogP contribution in [0.4, 0.5) is 0 Å². The summed E-state index contributed by atoms with van der Waals surface area (Å²) in [6.45, 7) is 3.46. The van der Waals surface area contributed by atoms with E-state index in [-0.39, 0.29) is 0 Å². The maximum atomic E-state index is 6.08. The molecule has 0 bridgehead atoms. The molecule has 0 radical (unpaired) electrons. The molecule has 0 aromatic heterocycles. The van der Waals surface area contributed by atoms with Gasteiger partial charge in [0.1, 0.15) is 5.75 Å². The predicted octanol–water partition coefficient (Wildman–Crippen LogP) is 4.40. The topological polar surface area (TPSA) is 46.2 Å². The van der Waals surface area contributed by atoms with Gasteiger partial charge in [-0.05, 0) is 62.6 Å². The quantitative estimate of drug-likeness (QED) is 0.419. The van der Waals surface area contributed by atoms with Gasteiger partial charge in [-0.2, -0.15) is 0 Å². The van der Waals surface area contributed by atoms with Crippen LogP contribution in [0.1, 0.15) is 50.5 Å². The van der Waals surface area contributed by atoms with E-state index in [9.17, 15) is 0 Å². The Labute approximate surface area is 159 Å². The van der Waals surface area contributed by atoms with Crippen LogP contribution in [0.25, 0.3) is 0 Å². The van der Waals surface area contributed by atoms with Crippen molar-refractivity contribution in [2.75, 3.05) is 34.5 Å². The number of hydrogen-bond acceptors (Lipinski definition) is 5. The van der Waals surface area contributed by atoms with Gasteiger partial charge < -0.3 is 22.8 Å². The van der Waals surface area contributed by atoms with E-state index in [1.165, 1.54) is 18.4 Å². The minimum Gasteiger partial charge on any atom is -0.494 e. The molecule has 2 rings (SSSR count). The lowest BCUT2D eigenvalue weighted by Crippen LogP contribution is -2.42. The van der Waals surface area contributed by atoms with Gasteiger partial charge in [-0.15, -0.1) is 0 Å². The lowest BCUT2D eigenvalue weighted by Gasteiger charge is -2.29. The molecule has 0 heterocycles. The summed E-state index contributed by atoms with van der Waals surface area (Å²) in [7, 11) is 2.50. The van der Waals surface area contributed by atoms with Crippen LogP contribution in [-0.4, -0.2) is 49.5 Å². The molecule has 1 saturated carbocycles. The zero-order valence-corrected chi connectivity index (χ0v) is 17.7. The van der Waals surface area contributed by atoms with Crippen molar-refractivity contribution < 1.29 is 22.8 Å². The Morgan fingerprint density at radius 3 is 2.08 bits per heavy atom. The van der Waals surface area contributed by atoms with E-state index in [0.717, 1.165) is 37.7 Å². The lowest BCUT2D eigenvalue weighted by atomic mass is 9.83. The van der Waals surface area contributed by atoms with Gasteiger partial charge in [0.2, 0.25) is 0 Å². The SMILES string of the molecule is CCOc1ccc(C2CCC(OCCC[Si](OC)(OC)OC)CC2)cc1. The summed E-state index contributed by atoms with van der Waals surface area (Å²) in [6, 6.07) is 9.37. The monoisotopic (exact) mass is 382 g/mol. The van der Waals surface area contributed by atoms with Crippen LogP contribution in [0.2, 0.25) is 6.04 Å². The van der Waals surface area contributed by atoms with Crippen molar-refractivity contribution in [3.63, 3.8) is 0 Å². The van der Waals surface area contributed by atoms with Crippen molar-refractivity contribution in [3.05, 3.63) is 29.8 Å². The van der Waals surface area contributed by atoms with E-state index in [0.29, 0.717) is 18.6 Å². The Bertz CT molecular complexity index is 487. The van der Waals surface area contributed by atoms with Crippen molar-refractivity contribution in [2.24, 2.45) is 0 Å². The molecule has 6 heteroatoms. The number of rotatable bonds is 11. The molecule has 5 nitrogen and oxygen atoms in total. The largest absolute Gasteiger partial charge is 0.500 e. The highest BCUT2D eigenvalue weighted by molar-refractivity contribution is 6.60. The second-order valence-corrected chi connectivity index (χ2v) is 9.84. The van der Waals surface area contributed by atoms with Gasteiger partial charge in [-0.3, -0.25) is 0 Å². The summed E-state index contributed by atoms with van der Waals surface area (Å²) in [5.41, 5.74) is 1.42. The molecule has 1 aromatic carbocycles. The average molecular weight is 383 g/mol. The summed E-state index contributed by atoms with van der Waals surface area (Å²) >= 11 is 0. The highest BCUT2D eigenvalue weighted by Gasteiger charge is 2.37. The van der Waals surface area contributed by atoms with E-state index in [2.05, 4.69) is 24.3 Å². The van der Waals surface area contributed by atoms with Gasteiger partial charge in [0.15, 0.2) is 0 Å². The highest BCUT2D eigenvalue weighted by atomic mass is 28.4. The first kappa shape index (κ1) is 21.4. The Morgan fingerprint density at radius 1 is 0.923 bits per heavy atom. The Balaban J connectivity index is 1.68. The smallest absolute Gasteiger partial charge is 0.494 e.